The molecule has 2 saturated carbocycles. The van der Waals surface area contributed by atoms with Gasteiger partial charge in [0.05, 0.1) is 0 Å². The van der Waals surface area contributed by atoms with Gasteiger partial charge in [-0.05, 0) is 38.0 Å². The maximum absolute atomic E-state index is 11.9. The molecule has 1 N–H and O–H groups in total. The summed E-state index contributed by atoms with van der Waals surface area (Å²) in [5.41, 5.74) is -1.15. The molecule has 0 radical (unpaired) electrons. The lowest BCUT2D eigenvalue weighted by molar-refractivity contribution is -0.172. The van der Waals surface area contributed by atoms with Crippen molar-refractivity contribution in [3.8, 4) is 0 Å². The highest BCUT2D eigenvalue weighted by Gasteiger charge is 2.62. The molecule has 1 spiro atoms. The van der Waals surface area contributed by atoms with Crippen LogP contribution in [0.1, 0.15) is 59.3 Å². The van der Waals surface area contributed by atoms with Crippen LogP contribution in [-0.2, 0) is 4.79 Å². The molecule has 0 bridgehead atoms. The lowest BCUT2D eigenvalue weighted by Gasteiger charge is -2.53. The molecule has 0 heterocycles. The van der Waals surface area contributed by atoms with E-state index in [1.54, 1.807) is 6.92 Å². The number of hydrogen-bond donors (Lipinski definition) is 1. The van der Waals surface area contributed by atoms with Crippen LogP contribution in [-0.4, -0.2) is 16.5 Å². The molecule has 2 heteroatoms. The maximum Gasteiger partial charge on any atom is 0.164 e. The highest BCUT2D eigenvalue weighted by atomic mass is 16.3. The van der Waals surface area contributed by atoms with Crippen molar-refractivity contribution >= 4 is 5.78 Å². The van der Waals surface area contributed by atoms with Crippen molar-refractivity contribution in [3.63, 3.8) is 0 Å². The van der Waals surface area contributed by atoms with Gasteiger partial charge in [0.25, 0.3) is 0 Å². The summed E-state index contributed by atoms with van der Waals surface area (Å²) in [4.78, 5) is 11.9. The second-order valence-corrected chi connectivity index (χ2v) is 6.17. The second-order valence-electron chi connectivity index (χ2n) is 6.17. The Morgan fingerprint density at radius 1 is 1.07 bits per heavy atom. The van der Waals surface area contributed by atoms with Crippen molar-refractivity contribution < 1.29 is 9.90 Å². The normalized spacial score (nSPS) is 44.9. The smallest absolute Gasteiger partial charge is 0.164 e. The van der Waals surface area contributed by atoms with E-state index in [9.17, 15) is 9.90 Å². The summed E-state index contributed by atoms with van der Waals surface area (Å²) in [7, 11) is 0. The molecule has 2 atom stereocenters. The topological polar surface area (TPSA) is 37.3 Å². The Bertz CT molecular complexity index is 291. The highest BCUT2D eigenvalue weighted by Crippen LogP contribution is 2.62. The van der Waals surface area contributed by atoms with E-state index in [2.05, 4.69) is 13.8 Å². The molecule has 15 heavy (non-hydrogen) atoms. The lowest BCUT2D eigenvalue weighted by Crippen LogP contribution is -2.58. The molecule has 0 aromatic heterocycles. The quantitative estimate of drug-likeness (QED) is 0.667. The Morgan fingerprint density at radius 3 is 2.20 bits per heavy atom. The number of Topliss-reactive ketones (excluding diaryl/α,β-unsaturated/α-hetero) is 1. The van der Waals surface area contributed by atoms with Crippen molar-refractivity contribution in [1.82, 2.24) is 0 Å². The zero-order chi connectivity index (χ0) is 11.3. The van der Waals surface area contributed by atoms with Gasteiger partial charge in [-0.25, -0.2) is 0 Å². The van der Waals surface area contributed by atoms with E-state index in [4.69, 9.17) is 0 Å². The van der Waals surface area contributed by atoms with Gasteiger partial charge >= 0.3 is 0 Å². The van der Waals surface area contributed by atoms with E-state index in [-0.39, 0.29) is 16.6 Å². The molecular formula is C13H22O2. The Morgan fingerprint density at radius 2 is 1.67 bits per heavy atom. The standard InChI is InChI=1S/C13H22O2/c1-11(2)7-5-9-13(11)8-4-6-10(14)12(13,3)15/h15H,4-9H2,1-3H3/t12-,13-/m1/s1. The van der Waals surface area contributed by atoms with Crippen molar-refractivity contribution in [2.75, 3.05) is 0 Å². The molecular weight excluding hydrogens is 188 g/mol. The van der Waals surface area contributed by atoms with E-state index in [0.717, 1.165) is 32.1 Å². The largest absolute Gasteiger partial charge is 0.382 e. The van der Waals surface area contributed by atoms with Crippen LogP contribution < -0.4 is 0 Å². The van der Waals surface area contributed by atoms with E-state index in [1.807, 2.05) is 0 Å². The molecule has 0 aromatic carbocycles. The minimum absolute atomic E-state index is 0.0590. The predicted molar refractivity (Wildman–Crippen MR) is 59.5 cm³/mol. The molecule has 0 aliphatic heterocycles. The first kappa shape index (κ1) is 11.1. The fourth-order valence-electron chi connectivity index (χ4n) is 4.08. The molecule has 0 unspecified atom stereocenters. The van der Waals surface area contributed by atoms with Crippen LogP contribution in [0.25, 0.3) is 0 Å². The van der Waals surface area contributed by atoms with E-state index >= 15 is 0 Å². The number of carbonyl (C=O) groups excluding carboxylic acids is 1. The first-order valence-electron chi connectivity index (χ1n) is 6.09. The molecule has 2 fully saturated rings. The Balaban J connectivity index is 2.45. The van der Waals surface area contributed by atoms with Crippen molar-refractivity contribution in [3.05, 3.63) is 0 Å². The summed E-state index contributed by atoms with van der Waals surface area (Å²) in [6.45, 7) is 6.18. The summed E-state index contributed by atoms with van der Waals surface area (Å²) in [5, 5.41) is 10.6. The monoisotopic (exact) mass is 210 g/mol. The van der Waals surface area contributed by atoms with Crippen LogP contribution in [0, 0.1) is 10.8 Å². The average Bonchev–Trinajstić information content (AvgIpc) is 2.40. The molecule has 86 valence electrons. The Kier molecular flexibility index (Phi) is 2.27. The number of rotatable bonds is 0. The summed E-state index contributed by atoms with van der Waals surface area (Å²) in [6.07, 6.45) is 5.83. The van der Waals surface area contributed by atoms with E-state index in [0.29, 0.717) is 6.42 Å². The van der Waals surface area contributed by atoms with Crippen LogP contribution in [0.5, 0.6) is 0 Å². The molecule has 2 aliphatic carbocycles. The minimum atomic E-state index is -1.09. The third-order valence-electron chi connectivity index (χ3n) is 5.18. The summed E-state index contributed by atoms with van der Waals surface area (Å²) in [6, 6.07) is 0. The zero-order valence-corrected chi connectivity index (χ0v) is 10.1. The van der Waals surface area contributed by atoms with Gasteiger partial charge in [0.1, 0.15) is 5.60 Å². The highest BCUT2D eigenvalue weighted by molar-refractivity contribution is 5.88. The molecule has 0 aromatic rings. The average molecular weight is 210 g/mol. The SMILES string of the molecule is CC1(C)CCC[C@]12CCCC(=O)[C@@]2(C)O. The molecule has 0 amide bonds. The third-order valence-corrected chi connectivity index (χ3v) is 5.18. The van der Waals surface area contributed by atoms with Crippen LogP contribution in [0.15, 0.2) is 0 Å². The van der Waals surface area contributed by atoms with Gasteiger partial charge in [-0.1, -0.05) is 20.3 Å². The Labute approximate surface area is 92.1 Å². The first-order valence-corrected chi connectivity index (χ1v) is 6.09. The van der Waals surface area contributed by atoms with Crippen LogP contribution >= 0.6 is 0 Å². The van der Waals surface area contributed by atoms with Gasteiger partial charge in [0.2, 0.25) is 0 Å². The second kappa shape index (κ2) is 3.07. The molecule has 2 nitrogen and oxygen atoms in total. The summed E-state index contributed by atoms with van der Waals surface area (Å²) >= 11 is 0. The molecule has 2 rings (SSSR count). The first-order chi connectivity index (χ1) is 6.83. The Hall–Kier alpha value is -0.370. The molecule has 0 saturated heterocycles. The van der Waals surface area contributed by atoms with Crippen LogP contribution in [0.4, 0.5) is 0 Å². The summed E-state index contributed by atoms with van der Waals surface area (Å²) < 4.78 is 0. The van der Waals surface area contributed by atoms with E-state index < -0.39 is 5.60 Å². The lowest BCUT2D eigenvalue weighted by atomic mass is 9.53. The third kappa shape index (κ3) is 1.24. The van der Waals surface area contributed by atoms with Crippen molar-refractivity contribution in [2.24, 2.45) is 10.8 Å². The minimum Gasteiger partial charge on any atom is -0.382 e. The zero-order valence-electron chi connectivity index (χ0n) is 10.1. The number of ketones is 1. The van der Waals surface area contributed by atoms with E-state index in [1.165, 1.54) is 0 Å². The van der Waals surface area contributed by atoms with Gasteiger partial charge < -0.3 is 5.11 Å². The van der Waals surface area contributed by atoms with Gasteiger partial charge in [-0.2, -0.15) is 0 Å². The number of aliphatic hydroxyl groups is 1. The number of carbonyl (C=O) groups is 1. The predicted octanol–water partition coefficient (Wildman–Crippen LogP) is 2.69. The van der Waals surface area contributed by atoms with Gasteiger partial charge in [0.15, 0.2) is 5.78 Å². The van der Waals surface area contributed by atoms with Crippen LogP contribution in [0.2, 0.25) is 0 Å². The fourth-order valence-corrected chi connectivity index (χ4v) is 4.08. The fraction of sp³-hybridized carbons (Fsp3) is 0.923. The van der Waals surface area contributed by atoms with Crippen LogP contribution in [0.3, 0.4) is 0 Å². The summed E-state index contributed by atoms with van der Waals surface area (Å²) in [5.74, 6) is 0.0590. The maximum atomic E-state index is 11.9. The van der Waals surface area contributed by atoms with Crippen molar-refractivity contribution in [1.29, 1.82) is 0 Å². The number of hydrogen-bond acceptors (Lipinski definition) is 2. The van der Waals surface area contributed by atoms with Gasteiger partial charge in [-0.15, -0.1) is 0 Å². The van der Waals surface area contributed by atoms with Gasteiger partial charge in [0, 0.05) is 11.8 Å². The van der Waals surface area contributed by atoms with Gasteiger partial charge in [-0.3, -0.25) is 4.79 Å². The molecule has 2 aliphatic rings. The van der Waals surface area contributed by atoms with Crippen molar-refractivity contribution in [2.45, 2.75) is 64.9 Å².